The molecule has 0 amide bonds. The predicted octanol–water partition coefficient (Wildman–Crippen LogP) is 4.35. The van der Waals surface area contributed by atoms with Crippen molar-refractivity contribution in [3.05, 3.63) is 48.0 Å². The van der Waals surface area contributed by atoms with Crippen LogP contribution in [0.3, 0.4) is 0 Å². The van der Waals surface area contributed by atoms with Gasteiger partial charge in [-0.05, 0) is 51.5 Å². The van der Waals surface area contributed by atoms with E-state index in [0.717, 1.165) is 33.7 Å². The zero-order valence-corrected chi connectivity index (χ0v) is 13.0. The van der Waals surface area contributed by atoms with Gasteiger partial charge >= 0.3 is 0 Å². The van der Waals surface area contributed by atoms with Crippen LogP contribution < -0.4 is 5.73 Å². The van der Waals surface area contributed by atoms with E-state index in [1.165, 1.54) is 0 Å². The van der Waals surface area contributed by atoms with Crippen LogP contribution in [0.2, 0.25) is 0 Å². The number of fused-ring (bicyclic) bond motifs is 1. The molecule has 0 bridgehead atoms. The molecule has 0 atom stereocenters. The number of para-hydroxylation sites is 3. The summed E-state index contributed by atoms with van der Waals surface area (Å²) in [4.78, 5) is 4.83. The van der Waals surface area contributed by atoms with Crippen LogP contribution in [0.15, 0.2) is 42.5 Å². The minimum Gasteiger partial charge on any atom is -0.398 e. The molecule has 2 N–H and O–H groups in total. The number of nitrogen functional groups attached to an aromatic ring is 1. The number of aromatic nitrogens is 2. The quantitative estimate of drug-likeness (QED) is 0.673. The predicted molar refractivity (Wildman–Crippen MR) is 89.3 cm³/mol. The topological polar surface area (TPSA) is 43.8 Å². The van der Waals surface area contributed by atoms with Crippen molar-refractivity contribution in [1.82, 2.24) is 9.55 Å². The number of hydrogen-bond acceptors (Lipinski definition) is 2. The number of hydrogen-bond donors (Lipinski definition) is 1. The molecule has 3 rings (SSSR count). The molecule has 0 aliphatic rings. The molecule has 0 radical (unpaired) electrons. The van der Waals surface area contributed by atoms with Crippen LogP contribution in [0.5, 0.6) is 0 Å². The van der Waals surface area contributed by atoms with Crippen molar-refractivity contribution in [2.45, 2.75) is 33.2 Å². The number of imidazole rings is 1. The lowest BCUT2D eigenvalue weighted by Gasteiger charge is -2.25. The maximum atomic E-state index is 6.30. The highest BCUT2D eigenvalue weighted by molar-refractivity contribution is 5.84. The van der Waals surface area contributed by atoms with Gasteiger partial charge in [-0.2, -0.15) is 0 Å². The Hall–Kier alpha value is -2.29. The van der Waals surface area contributed by atoms with Gasteiger partial charge in [-0.25, -0.2) is 4.98 Å². The monoisotopic (exact) mass is 279 g/mol. The van der Waals surface area contributed by atoms with E-state index >= 15 is 0 Å². The summed E-state index contributed by atoms with van der Waals surface area (Å²) < 4.78 is 2.27. The molecule has 1 aromatic heterocycles. The Labute approximate surface area is 125 Å². The molecule has 0 aliphatic carbocycles. The molecule has 3 nitrogen and oxygen atoms in total. The van der Waals surface area contributed by atoms with Gasteiger partial charge < -0.3 is 10.3 Å². The van der Waals surface area contributed by atoms with Crippen LogP contribution in [0.4, 0.5) is 5.69 Å². The van der Waals surface area contributed by atoms with E-state index in [-0.39, 0.29) is 5.54 Å². The highest BCUT2D eigenvalue weighted by atomic mass is 15.1. The third-order valence-electron chi connectivity index (χ3n) is 3.80. The molecule has 3 heteroatoms. The molecule has 3 aromatic rings. The smallest absolute Gasteiger partial charge is 0.143 e. The van der Waals surface area contributed by atoms with Gasteiger partial charge in [0.15, 0.2) is 0 Å². The summed E-state index contributed by atoms with van der Waals surface area (Å²) in [6.45, 7) is 8.60. The summed E-state index contributed by atoms with van der Waals surface area (Å²) in [6.07, 6.45) is 0. The fraction of sp³-hybridized carbons (Fsp3) is 0.278. The Morgan fingerprint density at radius 1 is 1.00 bits per heavy atom. The maximum absolute atomic E-state index is 6.30. The van der Waals surface area contributed by atoms with Gasteiger partial charge in [-0.15, -0.1) is 0 Å². The second-order valence-electron chi connectivity index (χ2n) is 6.47. The number of nitrogens with zero attached hydrogens (tertiary/aromatic N) is 2. The van der Waals surface area contributed by atoms with E-state index in [0.29, 0.717) is 0 Å². The SMILES string of the molecule is Cc1cccc(-c2nc3ccccc3n2C(C)(C)C)c1N. The zero-order valence-electron chi connectivity index (χ0n) is 13.0. The Kier molecular flexibility index (Phi) is 3.01. The van der Waals surface area contributed by atoms with Crippen LogP contribution in [-0.2, 0) is 5.54 Å². The summed E-state index contributed by atoms with van der Waals surface area (Å²) in [5, 5.41) is 0. The van der Waals surface area contributed by atoms with Crippen molar-refractivity contribution >= 4 is 16.7 Å². The van der Waals surface area contributed by atoms with Gasteiger partial charge in [0, 0.05) is 16.8 Å². The van der Waals surface area contributed by atoms with Crippen molar-refractivity contribution < 1.29 is 0 Å². The molecule has 0 spiro atoms. The van der Waals surface area contributed by atoms with Crippen molar-refractivity contribution in [2.24, 2.45) is 0 Å². The number of rotatable bonds is 1. The van der Waals surface area contributed by atoms with Crippen molar-refractivity contribution in [2.75, 3.05) is 5.73 Å². The lowest BCUT2D eigenvalue weighted by atomic mass is 10.0. The molecule has 0 fully saturated rings. The molecule has 0 unspecified atom stereocenters. The average molecular weight is 279 g/mol. The lowest BCUT2D eigenvalue weighted by molar-refractivity contribution is 0.413. The van der Waals surface area contributed by atoms with Gasteiger partial charge in [0.25, 0.3) is 0 Å². The van der Waals surface area contributed by atoms with Crippen LogP contribution in [0, 0.1) is 6.92 Å². The van der Waals surface area contributed by atoms with Crippen molar-refractivity contribution in [3.8, 4) is 11.4 Å². The molecule has 0 aliphatic heterocycles. The Bertz CT molecular complexity index is 807. The van der Waals surface area contributed by atoms with Crippen LogP contribution in [0.1, 0.15) is 26.3 Å². The highest BCUT2D eigenvalue weighted by Gasteiger charge is 2.23. The summed E-state index contributed by atoms with van der Waals surface area (Å²) in [7, 11) is 0. The van der Waals surface area contributed by atoms with Crippen LogP contribution in [0.25, 0.3) is 22.4 Å². The number of benzene rings is 2. The largest absolute Gasteiger partial charge is 0.398 e. The van der Waals surface area contributed by atoms with E-state index in [4.69, 9.17) is 10.7 Å². The fourth-order valence-corrected chi connectivity index (χ4v) is 2.76. The number of aryl methyl sites for hydroxylation is 1. The number of anilines is 1. The minimum absolute atomic E-state index is 0.0678. The minimum atomic E-state index is -0.0678. The standard InChI is InChI=1S/C18H21N3/c1-12-8-7-9-13(16(12)19)17-20-14-10-5-6-11-15(14)21(17)18(2,3)4/h5-11H,19H2,1-4H3. The Balaban J connectivity index is 2.40. The van der Waals surface area contributed by atoms with Gasteiger partial charge in [0.05, 0.1) is 11.0 Å². The molecule has 1 heterocycles. The van der Waals surface area contributed by atoms with Crippen molar-refractivity contribution in [1.29, 1.82) is 0 Å². The highest BCUT2D eigenvalue weighted by Crippen LogP contribution is 2.34. The third kappa shape index (κ3) is 2.19. The van der Waals surface area contributed by atoms with E-state index in [9.17, 15) is 0 Å². The second kappa shape index (κ2) is 4.62. The fourth-order valence-electron chi connectivity index (χ4n) is 2.76. The van der Waals surface area contributed by atoms with Gasteiger partial charge in [0.1, 0.15) is 5.82 Å². The summed E-state index contributed by atoms with van der Waals surface area (Å²) in [5.41, 5.74) is 11.3. The molecule has 0 saturated carbocycles. The second-order valence-corrected chi connectivity index (χ2v) is 6.47. The molecule has 2 aromatic carbocycles. The average Bonchev–Trinajstić information content (AvgIpc) is 2.80. The first kappa shape index (κ1) is 13.7. The first-order valence-electron chi connectivity index (χ1n) is 7.23. The first-order valence-corrected chi connectivity index (χ1v) is 7.23. The molecule has 108 valence electrons. The van der Waals surface area contributed by atoms with Crippen LogP contribution in [-0.4, -0.2) is 9.55 Å². The lowest BCUT2D eigenvalue weighted by Crippen LogP contribution is -2.22. The van der Waals surface area contributed by atoms with E-state index in [1.807, 2.05) is 37.3 Å². The van der Waals surface area contributed by atoms with E-state index in [1.54, 1.807) is 0 Å². The van der Waals surface area contributed by atoms with E-state index < -0.39 is 0 Å². The zero-order chi connectivity index (χ0) is 15.2. The number of nitrogens with two attached hydrogens (primary N) is 1. The third-order valence-corrected chi connectivity index (χ3v) is 3.80. The van der Waals surface area contributed by atoms with Crippen molar-refractivity contribution in [3.63, 3.8) is 0 Å². The normalized spacial score (nSPS) is 12.0. The molecule has 21 heavy (non-hydrogen) atoms. The summed E-state index contributed by atoms with van der Waals surface area (Å²) in [5.74, 6) is 0.935. The van der Waals surface area contributed by atoms with Gasteiger partial charge in [-0.1, -0.05) is 24.3 Å². The van der Waals surface area contributed by atoms with Crippen LogP contribution >= 0.6 is 0 Å². The van der Waals surface area contributed by atoms with E-state index in [2.05, 4.69) is 37.5 Å². The molecular formula is C18H21N3. The Morgan fingerprint density at radius 3 is 2.43 bits per heavy atom. The summed E-state index contributed by atoms with van der Waals surface area (Å²) in [6, 6.07) is 14.3. The molecule has 0 saturated heterocycles. The summed E-state index contributed by atoms with van der Waals surface area (Å²) >= 11 is 0. The molecular weight excluding hydrogens is 258 g/mol. The van der Waals surface area contributed by atoms with Gasteiger partial charge in [0.2, 0.25) is 0 Å². The first-order chi connectivity index (χ1) is 9.89. The van der Waals surface area contributed by atoms with Gasteiger partial charge in [-0.3, -0.25) is 0 Å². The Morgan fingerprint density at radius 2 is 1.71 bits per heavy atom. The maximum Gasteiger partial charge on any atom is 0.143 e.